The summed E-state index contributed by atoms with van der Waals surface area (Å²) in [5.74, 6) is -0.790. The number of amides is 1. The maximum Gasteiger partial charge on any atom is 0.324 e. The van der Waals surface area contributed by atoms with Crippen LogP contribution < -0.4 is 21.0 Å². The van der Waals surface area contributed by atoms with Crippen LogP contribution in [0, 0.1) is 5.82 Å². The second kappa shape index (κ2) is 6.99. The molecule has 0 saturated heterocycles. The molecule has 9 heteroatoms. The number of nitrogens with zero attached hydrogens (tertiary/aromatic N) is 4. The van der Waals surface area contributed by atoms with Crippen molar-refractivity contribution in [1.82, 2.24) is 14.2 Å². The van der Waals surface area contributed by atoms with E-state index >= 15 is 4.39 Å². The maximum atomic E-state index is 15.1. The van der Waals surface area contributed by atoms with Crippen molar-refractivity contribution in [3.8, 4) is 16.9 Å². The molecule has 5 rings (SSSR count). The fourth-order valence-electron chi connectivity index (χ4n) is 4.21. The number of aryl methyl sites for hydroxylation is 1. The van der Waals surface area contributed by atoms with Gasteiger partial charge in [0.25, 0.3) is 12.1 Å². The summed E-state index contributed by atoms with van der Waals surface area (Å²) in [5, 5.41) is 0.425. The summed E-state index contributed by atoms with van der Waals surface area (Å²) in [5.41, 5.74) is 7.85. The molecular weight excluding hydrogens is 425 g/mol. The van der Waals surface area contributed by atoms with Crippen LogP contribution in [0.1, 0.15) is 42.4 Å². The van der Waals surface area contributed by atoms with Crippen molar-refractivity contribution >= 4 is 16.7 Å². The van der Waals surface area contributed by atoms with E-state index in [9.17, 15) is 9.59 Å². The van der Waals surface area contributed by atoms with Crippen LogP contribution in [0.4, 0.5) is 4.39 Å². The zero-order valence-corrected chi connectivity index (χ0v) is 18.7. The number of carbonyl (C=O) groups excluding carboxylic acids is 1. The minimum absolute atomic E-state index is 0.0290. The number of carbonyl (C=O) groups is 1. The van der Waals surface area contributed by atoms with E-state index in [1.54, 1.807) is 42.3 Å². The highest BCUT2D eigenvalue weighted by Gasteiger charge is 2.32. The molecule has 8 nitrogen and oxygen atoms in total. The number of hydrogen-bond donors (Lipinski definition) is 1. The van der Waals surface area contributed by atoms with Crippen LogP contribution in [0.2, 0.25) is 0 Å². The molecule has 0 atom stereocenters. The highest BCUT2D eigenvalue weighted by atomic mass is 19.1. The average Bonchev–Trinajstić information content (AvgIpc) is 3.13. The molecule has 168 valence electrons. The van der Waals surface area contributed by atoms with E-state index in [1.807, 2.05) is 26.8 Å². The zero-order chi connectivity index (χ0) is 23.7. The quantitative estimate of drug-likeness (QED) is 0.476. The number of rotatable bonds is 2. The topological polar surface area (TPSA) is 96.0 Å². The van der Waals surface area contributed by atoms with Crippen LogP contribution in [-0.4, -0.2) is 20.1 Å². The first-order chi connectivity index (χ1) is 15.6. The van der Waals surface area contributed by atoms with Gasteiger partial charge in [0.15, 0.2) is 6.61 Å². The largest absolute Gasteiger partial charge is 0.364 e. The first kappa shape index (κ1) is 20.9. The summed E-state index contributed by atoms with van der Waals surface area (Å²) in [6, 6.07) is 6.68. The van der Waals surface area contributed by atoms with Crippen LogP contribution in [0.25, 0.3) is 27.7 Å². The van der Waals surface area contributed by atoms with Gasteiger partial charge in [-0.25, -0.2) is 14.2 Å². The molecule has 1 aliphatic heterocycles. The van der Waals surface area contributed by atoms with Gasteiger partial charge in [-0.2, -0.15) is 0 Å². The molecule has 1 aromatic carbocycles. The summed E-state index contributed by atoms with van der Waals surface area (Å²) in [4.78, 5) is 36.7. The Balaban J connectivity index is 1.74. The van der Waals surface area contributed by atoms with E-state index in [1.165, 1.54) is 15.6 Å². The number of primary amides is 1. The normalized spacial score (nSPS) is 12.9. The lowest BCUT2D eigenvalue weighted by molar-refractivity contribution is -0.954. The highest BCUT2D eigenvalue weighted by molar-refractivity contribution is 5.93. The van der Waals surface area contributed by atoms with Crippen LogP contribution in [0.5, 0.6) is 0 Å². The predicted octanol–water partition coefficient (Wildman–Crippen LogP) is 2.16. The van der Waals surface area contributed by atoms with E-state index in [4.69, 9.17) is 10.6 Å². The number of benzene rings is 1. The second-order valence-electron chi connectivity index (χ2n) is 9.24. The standard InChI is InChI=1S/C24H22FN5O3/c1-24(2,3)15-7-14-11-29-30(23(32)20(14)18(25)9-15)22-17(12-33-29)16(5-6-27-22)13-8-19(21(26)31)28(4)10-13/h5-11H,12H2,1-4H3,(H-,26,31)/p+1. The molecule has 0 fully saturated rings. The number of pyridine rings is 1. The van der Waals surface area contributed by atoms with E-state index in [-0.39, 0.29) is 17.4 Å². The van der Waals surface area contributed by atoms with Gasteiger partial charge < -0.3 is 10.3 Å². The van der Waals surface area contributed by atoms with E-state index < -0.39 is 17.3 Å². The summed E-state index contributed by atoms with van der Waals surface area (Å²) < 4.78 is 18.0. The van der Waals surface area contributed by atoms with Gasteiger partial charge in [-0.1, -0.05) is 20.8 Å². The Hall–Kier alpha value is -4.01. The van der Waals surface area contributed by atoms with Gasteiger partial charge in [0.2, 0.25) is 5.82 Å². The number of nitrogens with two attached hydrogens (primary N) is 1. The molecule has 4 heterocycles. The molecule has 0 radical (unpaired) electrons. The lowest BCUT2D eigenvalue weighted by Crippen LogP contribution is -2.59. The monoisotopic (exact) mass is 448 g/mol. The third-order valence-corrected chi connectivity index (χ3v) is 5.98. The van der Waals surface area contributed by atoms with E-state index in [0.717, 1.165) is 16.7 Å². The van der Waals surface area contributed by atoms with Gasteiger partial charge in [-0.3, -0.25) is 9.59 Å². The van der Waals surface area contributed by atoms with Crippen molar-refractivity contribution in [1.29, 1.82) is 0 Å². The molecular formula is C24H23FN5O3+. The van der Waals surface area contributed by atoms with Gasteiger partial charge in [-0.05, 0) is 45.5 Å². The summed E-state index contributed by atoms with van der Waals surface area (Å²) in [7, 11) is 1.73. The molecule has 4 aromatic rings. The zero-order valence-electron chi connectivity index (χ0n) is 18.7. The predicted molar refractivity (Wildman–Crippen MR) is 119 cm³/mol. The summed E-state index contributed by atoms with van der Waals surface area (Å²) in [6.07, 6.45) is 4.94. The molecule has 2 N–H and O–H groups in total. The van der Waals surface area contributed by atoms with Crippen molar-refractivity contribution in [3.63, 3.8) is 0 Å². The van der Waals surface area contributed by atoms with Gasteiger partial charge in [0, 0.05) is 25.0 Å². The van der Waals surface area contributed by atoms with E-state index in [0.29, 0.717) is 22.5 Å². The molecule has 0 aliphatic carbocycles. The Morgan fingerprint density at radius 2 is 2.03 bits per heavy atom. The SMILES string of the molecule is Cn1cc(-c2ccnc3c2CO[n+]2cc4cc(C(C)(C)C)cc(F)c4c(=O)n2-3)cc1C(N)=O. The Labute approximate surface area is 188 Å². The molecule has 3 aromatic heterocycles. The molecule has 0 spiro atoms. The van der Waals surface area contributed by atoms with E-state index in [2.05, 4.69) is 4.98 Å². The summed E-state index contributed by atoms with van der Waals surface area (Å²) in [6.45, 7) is 6.09. The molecule has 0 saturated carbocycles. The Kier molecular flexibility index (Phi) is 4.42. The molecule has 0 bridgehead atoms. The smallest absolute Gasteiger partial charge is 0.324 e. The van der Waals surface area contributed by atoms with Gasteiger partial charge in [-0.15, -0.1) is 0 Å². The van der Waals surface area contributed by atoms with Crippen LogP contribution in [-0.2, 0) is 19.1 Å². The second-order valence-corrected chi connectivity index (χ2v) is 9.24. The lowest BCUT2D eigenvalue weighted by Gasteiger charge is -2.20. The number of halogens is 1. The van der Waals surface area contributed by atoms with Gasteiger partial charge >= 0.3 is 5.56 Å². The van der Waals surface area contributed by atoms with Gasteiger partial charge in [0.1, 0.15) is 16.4 Å². The highest BCUT2D eigenvalue weighted by Crippen LogP contribution is 2.30. The molecule has 1 aliphatic rings. The van der Waals surface area contributed by atoms with Crippen LogP contribution in [0.15, 0.2) is 47.7 Å². The van der Waals surface area contributed by atoms with Crippen molar-refractivity contribution in [3.05, 3.63) is 75.8 Å². The fourth-order valence-corrected chi connectivity index (χ4v) is 4.21. The molecule has 0 unspecified atom stereocenters. The Bertz CT molecular complexity index is 1530. The number of aromatic nitrogens is 4. The fraction of sp³-hybridized carbons (Fsp3) is 0.250. The maximum absolute atomic E-state index is 15.1. The lowest BCUT2D eigenvalue weighted by atomic mass is 9.86. The molecule has 1 amide bonds. The molecule has 33 heavy (non-hydrogen) atoms. The third kappa shape index (κ3) is 3.19. The third-order valence-electron chi connectivity index (χ3n) is 5.98. The van der Waals surface area contributed by atoms with Gasteiger partial charge in [0.05, 0.1) is 16.3 Å². The van der Waals surface area contributed by atoms with Crippen LogP contribution >= 0.6 is 0 Å². The average molecular weight is 448 g/mol. The summed E-state index contributed by atoms with van der Waals surface area (Å²) >= 11 is 0. The van der Waals surface area contributed by atoms with Crippen molar-refractivity contribution in [2.24, 2.45) is 12.8 Å². The van der Waals surface area contributed by atoms with Crippen molar-refractivity contribution < 1.29 is 18.9 Å². The number of fused-ring (bicyclic) bond motifs is 4. The Morgan fingerprint density at radius 3 is 2.70 bits per heavy atom. The Morgan fingerprint density at radius 1 is 1.27 bits per heavy atom. The minimum atomic E-state index is -0.587. The van der Waals surface area contributed by atoms with Crippen molar-refractivity contribution in [2.75, 3.05) is 0 Å². The number of hydrogen-bond acceptors (Lipinski definition) is 4. The first-order valence-electron chi connectivity index (χ1n) is 10.5. The van der Waals surface area contributed by atoms with Crippen LogP contribution in [0.3, 0.4) is 0 Å². The first-order valence-corrected chi connectivity index (χ1v) is 10.5. The minimum Gasteiger partial charge on any atom is -0.364 e. The van der Waals surface area contributed by atoms with Crippen molar-refractivity contribution in [2.45, 2.75) is 32.8 Å².